The van der Waals surface area contributed by atoms with Gasteiger partial charge in [0.25, 0.3) is 0 Å². The van der Waals surface area contributed by atoms with Crippen LogP contribution in [0, 0.1) is 13.8 Å². The van der Waals surface area contributed by atoms with Gasteiger partial charge in [-0.15, -0.1) is 11.3 Å². The third kappa shape index (κ3) is 4.14. The van der Waals surface area contributed by atoms with Crippen molar-refractivity contribution in [1.29, 1.82) is 0 Å². The van der Waals surface area contributed by atoms with Crippen molar-refractivity contribution in [1.82, 2.24) is 29.5 Å². The summed E-state index contributed by atoms with van der Waals surface area (Å²) in [6, 6.07) is 10.3. The molecule has 5 rings (SSSR count). The third-order valence-corrected chi connectivity index (χ3v) is 6.19. The van der Waals surface area contributed by atoms with E-state index >= 15 is 0 Å². The Morgan fingerprint density at radius 3 is 2.85 bits per heavy atom. The normalized spacial score (nSPS) is 11.2. The van der Waals surface area contributed by atoms with E-state index < -0.39 is 0 Å². The molecule has 0 fully saturated rings. The molecule has 0 aliphatic rings. The van der Waals surface area contributed by atoms with Crippen LogP contribution in [-0.2, 0) is 17.9 Å². The van der Waals surface area contributed by atoms with Crippen molar-refractivity contribution >= 4 is 33.4 Å². The average molecular weight is 458 g/mol. The maximum Gasteiger partial charge on any atom is 0.247 e. The third-order valence-electron chi connectivity index (χ3n) is 5.43. The zero-order valence-electron chi connectivity index (χ0n) is 18.6. The Bertz CT molecular complexity index is 1460. The molecule has 1 aromatic carbocycles. The minimum absolute atomic E-state index is 0.0529. The van der Waals surface area contributed by atoms with E-state index in [1.165, 1.54) is 16.9 Å². The number of carbonyl (C=O) groups excluding carboxylic acids is 1. The van der Waals surface area contributed by atoms with Crippen LogP contribution >= 0.6 is 11.3 Å². The lowest BCUT2D eigenvalue weighted by Crippen LogP contribution is -2.19. The number of rotatable bonds is 6. The number of aromatic nitrogens is 6. The second kappa shape index (κ2) is 8.59. The second-order valence-corrected chi connectivity index (χ2v) is 8.70. The fourth-order valence-electron chi connectivity index (χ4n) is 3.87. The van der Waals surface area contributed by atoms with E-state index in [-0.39, 0.29) is 12.5 Å². The van der Waals surface area contributed by atoms with Crippen molar-refractivity contribution in [3.8, 4) is 22.4 Å². The Kier molecular flexibility index (Phi) is 5.47. The molecule has 0 radical (unpaired) electrons. The highest BCUT2D eigenvalue weighted by atomic mass is 32.1. The van der Waals surface area contributed by atoms with Crippen molar-refractivity contribution in [2.24, 2.45) is 0 Å². The number of hydrogen-bond acceptors (Lipinski definition) is 6. The Balaban J connectivity index is 1.37. The number of amides is 1. The molecule has 9 heteroatoms. The Morgan fingerprint density at radius 1 is 1.18 bits per heavy atom. The number of benzene rings is 1. The van der Waals surface area contributed by atoms with Gasteiger partial charge in [-0.3, -0.25) is 9.48 Å². The van der Waals surface area contributed by atoms with E-state index in [0.29, 0.717) is 10.8 Å². The first-order chi connectivity index (χ1) is 16.0. The minimum atomic E-state index is -0.202. The van der Waals surface area contributed by atoms with Crippen LogP contribution in [0.25, 0.3) is 33.4 Å². The van der Waals surface area contributed by atoms with Crippen molar-refractivity contribution in [2.75, 3.05) is 5.32 Å². The molecular formula is C24H23N7OS. The SMILES string of the molecule is CCn1cc(-c2csc(NC(=O)Cn3nc(C)c4c(-c5cccc(C)c5)ccnc43)n2)cn1. The number of pyridine rings is 1. The van der Waals surface area contributed by atoms with Gasteiger partial charge < -0.3 is 5.32 Å². The van der Waals surface area contributed by atoms with Crippen LogP contribution in [0.3, 0.4) is 0 Å². The largest absolute Gasteiger partial charge is 0.300 e. The molecule has 1 amide bonds. The van der Waals surface area contributed by atoms with Crippen molar-refractivity contribution in [3.05, 3.63) is 65.6 Å². The second-order valence-electron chi connectivity index (χ2n) is 7.84. The molecule has 0 spiro atoms. The van der Waals surface area contributed by atoms with Crippen molar-refractivity contribution in [3.63, 3.8) is 0 Å². The molecule has 0 saturated carbocycles. The lowest BCUT2D eigenvalue weighted by Gasteiger charge is -2.06. The molecule has 4 heterocycles. The first-order valence-electron chi connectivity index (χ1n) is 10.7. The molecule has 8 nitrogen and oxygen atoms in total. The monoisotopic (exact) mass is 457 g/mol. The molecule has 0 aliphatic heterocycles. The van der Waals surface area contributed by atoms with Crippen LogP contribution in [-0.4, -0.2) is 35.4 Å². The Morgan fingerprint density at radius 2 is 2.06 bits per heavy atom. The average Bonchev–Trinajstić information content (AvgIpc) is 3.53. The van der Waals surface area contributed by atoms with Gasteiger partial charge in [-0.05, 0) is 38.0 Å². The standard InChI is InChI=1S/C24H23N7OS/c1-4-30-12-18(11-26-30)20-14-33-24(27-20)28-21(32)13-31-23-22(16(3)29-31)19(8-9-25-23)17-7-5-6-15(2)10-17/h5-12,14H,4,13H2,1-3H3,(H,27,28,32). The zero-order valence-corrected chi connectivity index (χ0v) is 19.4. The molecule has 5 aromatic rings. The number of thiazole rings is 1. The Labute approximate surface area is 194 Å². The minimum Gasteiger partial charge on any atom is -0.300 e. The summed E-state index contributed by atoms with van der Waals surface area (Å²) in [7, 11) is 0. The van der Waals surface area contributed by atoms with Gasteiger partial charge in [-0.25, -0.2) is 14.6 Å². The fraction of sp³-hybridized carbons (Fsp3) is 0.208. The van der Waals surface area contributed by atoms with Crippen LogP contribution in [0.1, 0.15) is 18.2 Å². The molecule has 166 valence electrons. The first kappa shape index (κ1) is 21.0. The number of hydrogen-bond donors (Lipinski definition) is 1. The summed E-state index contributed by atoms with van der Waals surface area (Å²) in [5.41, 5.74) is 6.60. The van der Waals surface area contributed by atoms with E-state index in [4.69, 9.17) is 0 Å². The molecule has 0 saturated heterocycles. The van der Waals surface area contributed by atoms with Crippen LogP contribution in [0.4, 0.5) is 5.13 Å². The molecule has 0 aliphatic carbocycles. The molecule has 0 atom stereocenters. The van der Waals surface area contributed by atoms with Gasteiger partial charge >= 0.3 is 0 Å². The summed E-state index contributed by atoms with van der Waals surface area (Å²) in [5, 5.41) is 15.2. The van der Waals surface area contributed by atoms with Crippen molar-refractivity contribution < 1.29 is 4.79 Å². The van der Waals surface area contributed by atoms with Gasteiger partial charge in [0, 0.05) is 35.3 Å². The maximum atomic E-state index is 12.8. The highest BCUT2D eigenvalue weighted by Crippen LogP contribution is 2.30. The van der Waals surface area contributed by atoms with Gasteiger partial charge in [-0.1, -0.05) is 29.8 Å². The predicted molar refractivity (Wildman–Crippen MR) is 130 cm³/mol. The van der Waals surface area contributed by atoms with Crippen molar-refractivity contribution in [2.45, 2.75) is 33.9 Å². The number of fused-ring (bicyclic) bond motifs is 1. The predicted octanol–water partition coefficient (Wildman–Crippen LogP) is 4.69. The summed E-state index contributed by atoms with van der Waals surface area (Å²) in [4.78, 5) is 21.8. The van der Waals surface area contributed by atoms with Crippen LogP contribution in [0.15, 0.2) is 54.3 Å². The maximum absolute atomic E-state index is 12.8. The molecule has 1 N–H and O–H groups in total. The Hall–Kier alpha value is -3.85. The van der Waals surface area contributed by atoms with Gasteiger partial charge in [0.2, 0.25) is 5.91 Å². The lowest BCUT2D eigenvalue weighted by molar-refractivity contribution is -0.116. The van der Waals surface area contributed by atoms with Gasteiger partial charge in [-0.2, -0.15) is 10.2 Å². The van der Waals surface area contributed by atoms with Gasteiger partial charge in [0.1, 0.15) is 6.54 Å². The molecular weight excluding hydrogens is 434 g/mol. The number of nitrogens with one attached hydrogen (secondary N) is 1. The molecule has 33 heavy (non-hydrogen) atoms. The number of anilines is 1. The highest BCUT2D eigenvalue weighted by molar-refractivity contribution is 7.14. The van der Waals surface area contributed by atoms with E-state index in [2.05, 4.69) is 50.6 Å². The zero-order chi connectivity index (χ0) is 22.9. The number of carbonyl (C=O) groups is 1. The first-order valence-corrected chi connectivity index (χ1v) is 11.6. The van der Waals surface area contributed by atoms with Gasteiger partial charge in [0.05, 0.1) is 17.6 Å². The van der Waals surface area contributed by atoms with Crippen LogP contribution < -0.4 is 5.32 Å². The topological polar surface area (TPSA) is 90.5 Å². The number of aryl methyl sites for hydroxylation is 3. The summed E-state index contributed by atoms with van der Waals surface area (Å²) in [5.74, 6) is -0.202. The van der Waals surface area contributed by atoms with Crippen LogP contribution in [0.2, 0.25) is 0 Å². The number of nitrogens with zero attached hydrogens (tertiary/aromatic N) is 6. The smallest absolute Gasteiger partial charge is 0.247 e. The van der Waals surface area contributed by atoms with E-state index in [0.717, 1.165) is 40.0 Å². The van der Waals surface area contributed by atoms with Crippen LogP contribution in [0.5, 0.6) is 0 Å². The lowest BCUT2D eigenvalue weighted by atomic mass is 10.0. The highest BCUT2D eigenvalue weighted by Gasteiger charge is 2.17. The van der Waals surface area contributed by atoms with E-state index in [1.807, 2.05) is 42.2 Å². The molecule has 0 unspecified atom stereocenters. The van der Waals surface area contributed by atoms with E-state index in [1.54, 1.807) is 17.1 Å². The quantitative estimate of drug-likeness (QED) is 0.399. The fourth-order valence-corrected chi connectivity index (χ4v) is 4.61. The summed E-state index contributed by atoms with van der Waals surface area (Å²) < 4.78 is 3.50. The molecule has 0 bridgehead atoms. The van der Waals surface area contributed by atoms with E-state index in [9.17, 15) is 4.79 Å². The summed E-state index contributed by atoms with van der Waals surface area (Å²) in [6.07, 6.45) is 5.48. The summed E-state index contributed by atoms with van der Waals surface area (Å²) in [6.45, 7) is 6.90. The molecule has 4 aromatic heterocycles. The van der Waals surface area contributed by atoms with Gasteiger partial charge in [0.15, 0.2) is 10.8 Å². The summed E-state index contributed by atoms with van der Waals surface area (Å²) >= 11 is 1.38.